The monoisotopic (exact) mass is 328 g/mol. The Labute approximate surface area is 140 Å². The Kier molecular flexibility index (Phi) is 4.86. The molecule has 120 valence electrons. The van der Waals surface area contributed by atoms with Crippen molar-refractivity contribution in [2.45, 2.75) is 20.8 Å². The minimum atomic E-state index is 0.101. The number of H-pyrrole nitrogens is 1. The molecular weight excluding hydrogens is 308 g/mol. The van der Waals surface area contributed by atoms with Crippen LogP contribution in [0.1, 0.15) is 20.8 Å². The quantitative estimate of drug-likeness (QED) is 0.550. The van der Waals surface area contributed by atoms with Crippen molar-refractivity contribution in [2.75, 3.05) is 5.32 Å². The lowest BCUT2D eigenvalue weighted by Crippen LogP contribution is -2.01. The van der Waals surface area contributed by atoms with Crippen LogP contribution in [0.3, 0.4) is 0 Å². The zero-order valence-electron chi connectivity index (χ0n) is 13.5. The zero-order chi connectivity index (χ0) is 17.1. The Morgan fingerprint density at radius 1 is 1.39 bits per heavy atom. The van der Waals surface area contributed by atoms with E-state index in [1.165, 1.54) is 0 Å². The Morgan fingerprint density at radius 3 is 2.61 bits per heavy atom. The molecule has 0 aliphatic carbocycles. The number of nitrogens with zero attached hydrogens (tertiary/aromatic N) is 2. The van der Waals surface area contributed by atoms with Crippen LogP contribution in [0.2, 0.25) is 0 Å². The molecule has 1 aromatic heterocycles. The van der Waals surface area contributed by atoms with Gasteiger partial charge in [-0.2, -0.15) is 5.10 Å². The highest BCUT2D eigenvalue weighted by molar-refractivity contribution is 7.71. The van der Waals surface area contributed by atoms with Crippen LogP contribution < -0.4 is 5.32 Å². The van der Waals surface area contributed by atoms with Crippen LogP contribution in [0.25, 0.3) is 17.1 Å². The molecule has 0 aliphatic heterocycles. The largest absolute Gasteiger partial charge is 0.507 e. The van der Waals surface area contributed by atoms with Crippen LogP contribution in [-0.4, -0.2) is 19.9 Å². The van der Waals surface area contributed by atoms with E-state index in [0.29, 0.717) is 16.2 Å². The van der Waals surface area contributed by atoms with Gasteiger partial charge in [0.15, 0.2) is 10.6 Å². The average molecular weight is 328 g/mol. The molecule has 5 nitrogen and oxygen atoms in total. The number of aromatic nitrogens is 3. The van der Waals surface area contributed by atoms with Crippen molar-refractivity contribution in [3.05, 3.63) is 53.5 Å². The second kappa shape index (κ2) is 6.66. The highest BCUT2D eigenvalue weighted by atomic mass is 32.1. The molecule has 1 aromatic carbocycles. The Bertz CT molecular complexity index is 858. The molecule has 2 aromatic rings. The summed E-state index contributed by atoms with van der Waals surface area (Å²) in [5.41, 5.74) is 3.81. The predicted molar refractivity (Wildman–Crippen MR) is 97.7 cm³/mol. The number of phenols is 1. The van der Waals surface area contributed by atoms with E-state index >= 15 is 0 Å². The van der Waals surface area contributed by atoms with Crippen LogP contribution in [0.5, 0.6) is 5.75 Å². The van der Waals surface area contributed by atoms with Gasteiger partial charge in [-0.1, -0.05) is 19.2 Å². The van der Waals surface area contributed by atoms with Crippen molar-refractivity contribution in [1.82, 2.24) is 14.8 Å². The number of phenolic OH excluding ortho intramolecular Hbond substituents is 1. The summed E-state index contributed by atoms with van der Waals surface area (Å²) in [4.78, 5) is 0. The van der Waals surface area contributed by atoms with Gasteiger partial charge < -0.3 is 10.4 Å². The lowest BCUT2D eigenvalue weighted by atomic mass is 10.1. The number of aromatic amines is 1. The van der Waals surface area contributed by atoms with Gasteiger partial charge in [0.05, 0.1) is 5.56 Å². The SMILES string of the molecule is C=C(C)Nc1ccc(-c2n[nH]c(=S)n2/C(=C/C)C(=C)C)c(O)c1. The Hall–Kier alpha value is -2.60. The summed E-state index contributed by atoms with van der Waals surface area (Å²) in [5.74, 6) is 0.633. The van der Waals surface area contributed by atoms with Gasteiger partial charge in [-0.15, -0.1) is 0 Å². The molecular formula is C17H20N4OS. The number of allylic oxidation sites excluding steroid dienone is 4. The average Bonchev–Trinajstić information content (AvgIpc) is 2.81. The fourth-order valence-electron chi connectivity index (χ4n) is 2.31. The number of nitrogens with one attached hydrogen (secondary N) is 2. The van der Waals surface area contributed by atoms with Crippen LogP contribution in [0.15, 0.2) is 48.7 Å². The van der Waals surface area contributed by atoms with E-state index in [0.717, 1.165) is 22.7 Å². The summed E-state index contributed by atoms with van der Waals surface area (Å²) in [5, 5.41) is 20.5. The van der Waals surface area contributed by atoms with Crippen LogP contribution in [0.4, 0.5) is 5.69 Å². The Balaban J connectivity index is 2.58. The summed E-state index contributed by atoms with van der Waals surface area (Å²) in [6.45, 7) is 13.4. The molecule has 0 saturated heterocycles. The van der Waals surface area contributed by atoms with Crippen molar-refractivity contribution < 1.29 is 5.11 Å². The summed E-state index contributed by atoms with van der Waals surface area (Å²) in [6, 6.07) is 5.26. The lowest BCUT2D eigenvalue weighted by Gasteiger charge is -2.13. The second-order valence-electron chi connectivity index (χ2n) is 5.28. The van der Waals surface area contributed by atoms with E-state index in [-0.39, 0.29) is 5.75 Å². The molecule has 6 heteroatoms. The van der Waals surface area contributed by atoms with E-state index < -0.39 is 0 Å². The normalized spacial score (nSPS) is 11.3. The summed E-state index contributed by atoms with van der Waals surface area (Å²) >= 11 is 5.32. The van der Waals surface area contributed by atoms with E-state index in [9.17, 15) is 5.11 Å². The highest BCUT2D eigenvalue weighted by Gasteiger charge is 2.16. The van der Waals surface area contributed by atoms with E-state index in [1.807, 2.05) is 32.9 Å². The van der Waals surface area contributed by atoms with Crippen molar-refractivity contribution in [1.29, 1.82) is 0 Å². The first kappa shape index (κ1) is 16.8. The maximum Gasteiger partial charge on any atom is 0.200 e. The molecule has 0 radical (unpaired) electrons. The zero-order valence-corrected chi connectivity index (χ0v) is 14.3. The first-order valence-electron chi connectivity index (χ1n) is 7.11. The van der Waals surface area contributed by atoms with Gasteiger partial charge in [-0.25, -0.2) is 0 Å². The number of benzene rings is 1. The van der Waals surface area contributed by atoms with Gasteiger partial charge in [-0.05, 0) is 50.7 Å². The Morgan fingerprint density at radius 2 is 2.09 bits per heavy atom. The number of aromatic hydroxyl groups is 1. The van der Waals surface area contributed by atoms with Crippen molar-refractivity contribution in [3.8, 4) is 17.1 Å². The van der Waals surface area contributed by atoms with Crippen molar-refractivity contribution in [2.24, 2.45) is 0 Å². The number of anilines is 1. The number of hydrogen-bond donors (Lipinski definition) is 3. The third-order valence-electron chi connectivity index (χ3n) is 3.22. The highest BCUT2D eigenvalue weighted by Crippen LogP contribution is 2.33. The van der Waals surface area contributed by atoms with Crippen LogP contribution in [-0.2, 0) is 0 Å². The van der Waals surface area contributed by atoms with Crippen LogP contribution in [0, 0.1) is 4.77 Å². The maximum absolute atomic E-state index is 10.4. The summed E-state index contributed by atoms with van der Waals surface area (Å²) in [6.07, 6.45) is 1.91. The summed E-state index contributed by atoms with van der Waals surface area (Å²) < 4.78 is 2.21. The van der Waals surface area contributed by atoms with Gasteiger partial charge >= 0.3 is 0 Å². The smallest absolute Gasteiger partial charge is 0.200 e. The molecule has 1 heterocycles. The predicted octanol–water partition coefficient (Wildman–Crippen LogP) is 4.70. The van der Waals surface area contributed by atoms with Crippen molar-refractivity contribution >= 4 is 23.6 Å². The number of hydrogen-bond acceptors (Lipinski definition) is 4. The molecule has 0 aliphatic rings. The number of rotatable bonds is 5. The molecule has 0 saturated carbocycles. The third-order valence-corrected chi connectivity index (χ3v) is 3.49. The third kappa shape index (κ3) is 3.43. The fraction of sp³-hybridized carbons (Fsp3) is 0.176. The van der Waals surface area contributed by atoms with Gasteiger partial charge in [-0.3, -0.25) is 9.67 Å². The molecule has 23 heavy (non-hydrogen) atoms. The molecule has 0 spiro atoms. The minimum Gasteiger partial charge on any atom is -0.507 e. The second-order valence-corrected chi connectivity index (χ2v) is 5.67. The van der Waals surface area contributed by atoms with Gasteiger partial charge in [0.25, 0.3) is 0 Å². The molecule has 0 fully saturated rings. The molecule has 0 amide bonds. The summed E-state index contributed by atoms with van der Waals surface area (Å²) in [7, 11) is 0. The first-order valence-corrected chi connectivity index (χ1v) is 7.52. The fourth-order valence-corrected chi connectivity index (χ4v) is 2.54. The van der Waals surface area contributed by atoms with Gasteiger partial charge in [0, 0.05) is 23.1 Å². The lowest BCUT2D eigenvalue weighted by molar-refractivity contribution is 0.477. The van der Waals surface area contributed by atoms with E-state index in [1.54, 1.807) is 16.7 Å². The van der Waals surface area contributed by atoms with Gasteiger partial charge in [0.1, 0.15) is 5.75 Å². The van der Waals surface area contributed by atoms with Gasteiger partial charge in [0.2, 0.25) is 0 Å². The molecule has 0 bridgehead atoms. The van der Waals surface area contributed by atoms with Crippen LogP contribution >= 0.6 is 12.2 Å². The molecule has 2 rings (SSSR count). The first-order chi connectivity index (χ1) is 10.8. The van der Waals surface area contributed by atoms with Crippen molar-refractivity contribution in [3.63, 3.8) is 0 Å². The maximum atomic E-state index is 10.4. The molecule has 3 N–H and O–H groups in total. The van der Waals surface area contributed by atoms with E-state index in [4.69, 9.17) is 12.2 Å². The minimum absolute atomic E-state index is 0.101. The molecule has 0 unspecified atom stereocenters. The standard InChI is InChI=1S/C17H20N4OS/c1-6-14(10(2)3)21-16(19-20-17(21)23)13-8-7-12(9-15(13)22)18-11(4)5/h6-9,18,22H,2,4H2,1,3,5H3,(H,20,23)/b14-6+. The topological polar surface area (TPSA) is 65.9 Å². The van der Waals surface area contributed by atoms with E-state index in [2.05, 4.69) is 28.7 Å². The molecule has 0 atom stereocenters.